The number of aromatic nitrogens is 1. The van der Waals surface area contributed by atoms with Crippen LogP contribution in [-0.4, -0.2) is 53.0 Å². The van der Waals surface area contributed by atoms with E-state index in [1.54, 1.807) is 0 Å². The van der Waals surface area contributed by atoms with Crippen molar-refractivity contribution in [1.82, 2.24) is 19.7 Å². The number of hydrogen-bond donors (Lipinski definition) is 1. The fourth-order valence-electron chi connectivity index (χ4n) is 3.10. The third-order valence-corrected chi connectivity index (χ3v) is 4.50. The van der Waals surface area contributed by atoms with Crippen LogP contribution in [0.15, 0.2) is 41.2 Å². The van der Waals surface area contributed by atoms with Gasteiger partial charge in [0.05, 0.1) is 18.9 Å². The van der Waals surface area contributed by atoms with Crippen LogP contribution in [0.1, 0.15) is 5.69 Å². The Kier molecular flexibility index (Phi) is 3.04. The van der Waals surface area contributed by atoms with E-state index in [1.165, 1.54) is 5.70 Å². The van der Waals surface area contributed by atoms with Gasteiger partial charge < -0.3 is 19.7 Å². The van der Waals surface area contributed by atoms with Gasteiger partial charge in [0.15, 0.2) is 5.84 Å². The Bertz CT molecular complexity index is 791. The number of hydrogen-bond acceptors (Lipinski definition) is 4. The van der Waals surface area contributed by atoms with Gasteiger partial charge in [-0.15, -0.1) is 0 Å². The second kappa shape index (κ2) is 4.95. The van der Waals surface area contributed by atoms with Crippen molar-refractivity contribution >= 4 is 28.3 Å². The van der Waals surface area contributed by atoms with Gasteiger partial charge in [-0.05, 0) is 18.2 Å². The summed E-state index contributed by atoms with van der Waals surface area (Å²) in [6.45, 7) is 2.39. The van der Waals surface area contributed by atoms with Crippen molar-refractivity contribution in [2.45, 2.75) is 6.54 Å². The first-order valence-electron chi connectivity index (χ1n) is 7.31. The maximum absolute atomic E-state index is 6.25. The topological polar surface area (TPSA) is 37.9 Å². The zero-order chi connectivity index (χ0) is 15.3. The molecule has 0 atom stereocenters. The standard InChI is InChI=1S/C16H18ClN5/c1-20-9-18-16-15(20)8-22(10-21(16)2)7-11-6-12-13(17)4-3-5-14(12)19-11/h3-6,8,19H,7,9-10H2,1-2H3. The van der Waals surface area contributed by atoms with Gasteiger partial charge in [0.2, 0.25) is 0 Å². The van der Waals surface area contributed by atoms with Crippen LogP contribution in [0.2, 0.25) is 5.02 Å². The maximum Gasteiger partial charge on any atom is 0.152 e. The van der Waals surface area contributed by atoms with Crippen LogP contribution in [0.25, 0.3) is 10.9 Å². The molecule has 2 aromatic rings. The zero-order valence-corrected chi connectivity index (χ0v) is 13.4. The molecule has 0 saturated heterocycles. The van der Waals surface area contributed by atoms with E-state index >= 15 is 0 Å². The van der Waals surface area contributed by atoms with E-state index in [2.05, 4.69) is 57.1 Å². The lowest BCUT2D eigenvalue weighted by Gasteiger charge is -2.34. The van der Waals surface area contributed by atoms with Gasteiger partial charge in [-0.2, -0.15) is 0 Å². The van der Waals surface area contributed by atoms with E-state index in [4.69, 9.17) is 11.6 Å². The molecule has 0 unspecified atom stereocenters. The minimum atomic E-state index is 0.737. The molecule has 1 aromatic carbocycles. The lowest BCUT2D eigenvalue weighted by atomic mass is 10.2. The molecule has 6 heteroatoms. The molecule has 22 heavy (non-hydrogen) atoms. The summed E-state index contributed by atoms with van der Waals surface area (Å²) >= 11 is 6.25. The van der Waals surface area contributed by atoms with Gasteiger partial charge in [0, 0.05) is 41.9 Å². The molecular weight excluding hydrogens is 298 g/mol. The number of rotatable bonds is 2. The number of amidine groups is 1. The smallest absolute Gasteiger partial charge is 0.152 e. The van der Waals surface area contributed by atoms with Crippen LogP contribution < -0.4 is 0 Å². The third-order valence-electron chi connectivity index (χ3n) is 4.17. The van der Waals surface area contributed by atoms with Crippen molar-refractivity contribution in [3.63, 3.8) is 0 Å². The number of halogens is 1. The number of nitrogens with one attached hydrogen (secondary N) is 1. The molecule has 4 rings (SSSR count). The summed E-state index contributed by atoms with van der Waals surface area (Å²) in [5.41, 5.74) is 3.43. The summed E-state index contributed by atoms with van der Waals surface area (Å²) in [4.78, 5) is 14.6. The van der Waals surface area contributed by atoms with E-state index in [9.17, 15) is 0 Å². The number of aliphatic imine (C=N–C) groups is 1. The first-order valence-corrected chi connectivity index (χ1v) is 7.69. The molecule has 3 heterocycles. The number of nitrogens with zero attached hydrogens (tertiary/aromatic N) is 4. The van der Waals surface area contributed by atoms with Crippen molar-refractivity contribution in [1.29, 1.82) is 0 Å². The van der Waals surface area contributed by atoms with E-state index in [-0.39, 0.29) is 0 Å². The van der Waals surface area contributed by atoms with Gasteiger partial charge in [-0.25, -0.2) is 4.99 Å². The normalized spacial score (nSPS) is 17.9. The Morgan fingerprint density at radius 3 is 2.95 bits per heavy atom. The number of aromatic amines is 1. The van der Waals surface area contributed by atoms with Crippen LogP contribution in [-0.2, 0) is 6.54 Å². The van der Waals surface area contributed by atoms with Crippen LogP contribution >= 0.6 is 11.6 Å². The quantitative estimate of drug-likeness (QED) is 0.926. The summed E-state index contributed by atoms with van der Waals surface area (Å²) in [5, 5.41) is 1.87. The fourth-order valence-corrected chi connectivity index (χ4v) is 3.33. The summed E-state index contributed by atoms with van der Waals surface area (Å²) in [7, 11) is 4.16. The molecule has 114 valence electrons. The van der Waals surface area contributed by atoms with E-state index < -0.39 is 0 Å². The van der Waals surface area contributed by atoms with Crippen molar-refractivity contribution in [3.8, 4) is 0 Å². The highest BCUT2D eigenvalue weighted by atomic mass is 35.5. The van der Waals surface area contributed by atoms with Crippen molar-refractivity contribution in [2.24, 2.45) is 4.99 Å². The van der Waals surface area contributed by atoms with Gasteiger partial charge in [0.1, 0.15) is 6.67 Å². The summed E-state index contributed by atoms with van der Waals surface area (Å²) in [6, 6.07) is 8.09. The molecule has 1 N–H and O–H groups in total. The predicted molar refractivity (Wildman–Crippen MR) is 89.6 cm³/mol. The average molecular weight is 316 g/mol. The second-order valence-electron chi connectivity index (χ2n) is 5.92. The van der Waals surface area contributed by atoms with Crippen LogP contribution in [0.5, 0.6) is 0 Å². The predicted octanol–water partition coefficient (Wildman–Crippen LogP) is 2.67. The molecule has 0 radical (unpaired) electrons. The largest absolute Gasteiger partial charge is 0.357 e. The molecule has 2 aliphatic rings. The van der Waals surface area contributed by atoms with Crippen LogP contribution in [0.3, 0.4) is 0 Å². The monoisotopic (exact) mass is 315 g/mol. The minimum absolute atomic E-state index is 0.737. The Hall–Kier alpha value is -2.14. The van der Waals surface area contributed by atoms with Gasteiger partial charge in [-0.3, -0.25) is 0 Å². The molecule has 1 aromatic heterocycles. The van der Waals surface area contributed by atoms with Gasteiger partial charge in [-0.1, -0.05) is 17.7 Å². The lowest BCUT2D eigenvalue weighted by Crippen LogP contribution is -2.42. The first-order chi connectivity index (χ1) is 10.6. The minimum Gasteiger partial charge on any atom is -0.357 e. The number of fused-ring (bicyclic) bond motifs is 2. The maximum atomic E-state index is 6.25. The van der Waals surface area contributed by atoms with Crippen molar-refractivity contribution in [2.75, 3.05) is 27.4 Å². The molecule has 0 amide bonds. The highest BCUT2D eigenvalue weighted by Gasteiger charge is 2.27. The Morgan fingerprint density at radius 1 is 1.27 bits per heavy atom. The lowest BCUT2D eigenvalue weighted by molar-refractivity contribution is 0.246. The summed E-state index contributed by atoms with van der Waals surface area (Å²) < 4.78 is 0. The number of benzene rings is 1. The molecule has 2 aliphatic heterocycles. The highest BCUT2D eigenvalue weighted by Crippen LogP contribution is 2.26. The molecule has 5 nitrogen and oxygen atoms in total. The van der Waals surface area contributed by atoms with Crippen molar-refractivity contribution < 1.29 is 0 Å². The van der Waals surface area contributed by atoms with E-state index in [0.717, 1.165) is 47.3 Å². The van der Waals surface area contributed by atoms with E-state index in [1.807, 2.05) is 12.1 Å². The Morgan fingerprint density at radius 2 is 2.14 bits per heavy atom. The molecule has 0 spiro atoms. The molecule has 0 saturated carbocycles. The second-order valence-corrected chi connectivity index (χ2v) is 6.32. The fraction of sp³-hybridized carbons (Fsp3) is 0.312. The summed E-state index contributed by atoms with van der Waals surface area (Å²) in [5.74, 6) is 1.08. The van der Waals surface area contributed by atoms with Crippen LogP contribution in [0, 0.1) is 0 Å². The molecular formula is C16H18ClN5. The summed E-state index contributed by atoms with van der Waals surface area (Å²) in [6.07, 6.45) is 2.19. The Labute approximate surface area is 134 Å². The Balaban J connectivity index is 1.63. The van der Waals surface area contributed by atoms with Crippen LogP contribution in [0.4, 0.5) is 0 Å². The number of H-pyrrole nitrogens is 1. The highest BCUT2D eigenvalue weighted by molar-refractivity contribution is 6.35. The average Bonchev–Trinajstić information content (AvgIpc) is 3.05. The van der Waals surface area contributed by atoms with Crippen molar-refractivity contribution in [3.05, 3.63) is 46.9 Å². The van der Waals surface area contributed by atoms with Gasteiger partial charge in [0.25, 0.3) is 0 Å². The molecule has 0 aliphatic carbocycles. The number of likely N-dealkylation sites (N-methyl/N-ethyl adjacent to an activating group) is 2. The SMILES string of the molecule is CN1CN=C2C1=CN(Cc1cc3c(Cl)cccc3[nH]1)CN2C. The third kappa shape index (κ3) is 2.13. The zero-order valence-electron chi connectivity index (χ0n) is 12.7. The molecule has 0 bridgehead atoms. The molecule has 0 fully saturated rings. The van der Waals surface area contributed by atoms with E-state index in [0.29, 0.717) is 0 Å². The van der Waals surface area contributed by atoms with Gasteiger partial charge >= 0.3 is 0 Å². The first kappa shape index (κ1) is 13.5.